The van der Waals surface area contributed by atoms with Gasteiger partial charge in [0.25, 0.3) is 0 Å². The molecule has 0 amide bonds. The van der Waals surface area contributed by atoms with Crippen LogP contribution in [0.3, 0.4) is 0 Å². The largest absolute Gasteiger partial charge is 0.477 e. The fraction of sp³-hybridized carbons (Fsp3) is 0.261. The summed E-state index contributed by atoms with van der Waals surface area (Å²) in [6.45, 7) is 6.36. The van der Waals surface area contributed by atoms with E-state index in [2.05, 4.69) is 25.8 Å². The smallest absolute Gasteiger partial charge is 0.341 e. The lowest BCUT2D eigenvalue weighted by atomic mass is 9.79. The van der Waals surface area contributed by atoms with Crippen molar-refractivity contribution in [1.82, 2.24) is 9.55 Å². The van der Waals surface area contributed by atoms with Crippen LogP contribution >= 0.6 is 11.3 Å². The number of rotatable bonds is 2. The molecule has 0 spiro atoms. The lowest BCUT2D eigenvalue weighted by Gasteiger charge is -2.37. The van der Waals surface area contributed by atoms with E-state index in [1.807, 2.05) is 28.1 Å². The van der Waals surface area contributed by atoms with E-state index in [9.17, 15) is 14.7 Å². The maximum Gasteiger partial charge on any atom is 0.341 e. The second kappa shape index (κ2) is 6.40. The molecule has 7 heteroatoms. The number of furan rings is 1. The third-order valence-electron chi connectivity index (χ3n) is 5.80. The van der Waals surface area contributed by atoms with Gasteiger partial charge in [0, 0.05) is 40.2 Å². The molecular weight excluding hydrogens is 400 g/mol. The Balaban J connectivity index is 1.84. The lowest BCUT2D eigenvalue weighted by molar-refractivity contribution is 0.0693. The van der Waals surface area contributed by atoms with Crippen molar-refractivity contribution in [2.24, 2.45) is 5.41 Å². The second-order valence-electron chi connectivity index (χ2n) is 8.70. The molecule has 1 atom stereocenters. The Bertz CT molecular complexity index is 1360. The number of para-hydroxylation sites is 1. The number of hydrogen-bond acceptors (Lipinski definition) is 5. The first kappa shape index (κ1) is 18.8. The molecule has 1 aliphatic heterocycles. The third kappa shape index (κ3) is 2.73. The van der Waals surface area contributed by atoms with Crippen LogP contribution in [0.2, 0.25) is 0 Å². The van der Waals surface area contributed by atoms with Crippen LogP contribution in [0.1, 0.15) is 42.7 Å². The van der Waals surface area contributed by atoms with E-state index in [0.29, 0.717) is 17.9 Å². The number of aromatic nitrogens is 2. The second-order valence-corrected chi connectivity index (χ2v) is 9.42. The zero-order chi connectivity index (χ0) is 21.2. The van der Waals surface area contributed by atoms with Gasteiger partial charge in [-0.05, 0) is 17.9 Å². The highest BCUT2D eigenvalue weighted by molar-refractivity contribution is 7.07. The van der Waals surface area contributed by atoms with Gasteiger partial charge in [-0.3, -0.25) is 4.79 Å². The van der Waals surface area contributed by atoms with E-state index in [4.69, 9.17) is 4.42 Å². The van der Waals surface area contributed by atoms with E-state index in [1.165, 1.54) is 23.6 Å². The molecule has 0 saturated heterocycles. The van der Waals surface area contributed by atoms with E-state index >= 15 is 0 Å². The van der Waals surface area contributed by atoms with Crippen molar-refractivity contribution in [3.05, 3.63) is 62.7 Å². The molecule has 0 unspecified atom stereocenters. The minimum Gasteiger partial charge on any atom is -0.477 e. The molecule has 152 valence electrons. The number of carboxylic acids is 1. The first-order valence-corrected chi connectivity index (χ1v) is 10.6. The van der Waals surface area contributed by atoms with Gasteiger partial charge in [0.2, 0.25) is 0 Å². The van der Waals surface area contributed by atoms with Crippen molar-refractivity contribution >= 4 is 28.3 Å². The summed E-state index contributed by atoms with van der Waals surface area (Å²) < 4.78 is 8.25. The van der Waals surface area contributed by atoms with Crippen molar-refractivity contribution in [3.8, 4) is 22.7 Å². The first-order valence-electron chi connectivity index (χ1n) is 9.68. The predicted molar refractivity (Wildman–Crippen MR) is 116 cm³/mol. The van der Waals surface area contributed by atoms with Gasteiger partial charge >= 0.3 is 5.97 Å². The zero-order valence-corrected chi connectivity index (χ0v) is 17.6. The number of carbonyl (C=O) groups is 1. The van der Waals surface area contributed by atoms with Crippen LogP contribution in [0.15, 0.2) is 50.6 Å². The van der Waals surface area contributed by atoms with E-state index in [1.54, 1.807) is 5.51 Å². The minimum atomic E-state index is -1.22. The van der Waals surface area contributed by atoms with Gasteiger partial charge in [-0.15, -0.1) is 11.3 Å². The van der Waals surface area contributed by atoms with Crippen molar-refractivity contribution in [2.45, 2.75) is 33.2 Å². The number of carboxylic acid groups (broad SMARTS) is 1. The average molecular weight is 420 g/mol. The summed E-state index contributed by atoms with van der Waals surface area (Å²) in [5, 5.41) is 12.4. The van der Waals surface area contributed by atoms with Crippen LogP contribution in [0.25, 0.3) is 33.7 Å². The molecule has 3 aromatic heterocycles. The molecule has 0 radical (unpaired) electrons. The Hall–Kier alpha value is -3.19. The van der Waals surface area contributed by atoms with Crippen molar-refractivity contribution < 1.29 is 14.3 Å². The zero-order valence-electron chi connectivity index (χ0n) is 16.8. The Morgan fingerprint density at radius 3 is 2.80 bits per heavy atom. The monoisotopic (exact) mass is 420 g/mol. The number of nitrogens with zero attached hydrogens (tertiary/aromatic N) is 2. The highest BCUT2D eigenvalue weighted by Crippen LogP contribution is 2.47. The molecule has 1 N–H and O–H groups in total. The molecule has 30 heavy (non-hydrogen) atoms. The van der Waals surface area contributed by atoms with Gasteiger partial charge in [0.1, 0.15) is 11.1 Å². The molecule has 4 aromatic rings. The van der Waals surface area contributed by atoms with Gasteiger partial charge in [-0.25, -0.2) is 9.78 Å². The first-order chi connectivity index (χ1) is 14.3. The van der Waals surface area contributed by atoms with Crippen LogP contribution in [-0.4, -0.2) is 20.6 Å². The molecule has 4 heterocycles. The molecule has 6 nitrogen and oxygen atoms in total. The Kier molecular flexibility index (Phi) is 4.02. The number of hydrogen-bond donors (Lipinski definition) is 1. The molecule has 5 rings (SSSR count). The highest BCUT2D eigenvalue weighted by atomic mass is 32.1. The average Bonchev–Trinajstić information content (AvgIpc) is 3.33. The van der Waals surface area contributed by atoms with Crippen LogP contribution in [0, 0.1) is 5.41 Å². The summed E-state index contributed by atoms with van der Waals surface area (Å²) in [6, 6.07) is 7.38. The van der Waals surface area contributed by atoms with Gasteiger partial charge in [0.05, 0.1) is 16.9 Å². The molecular formula is C23H20N2O4S. The Morgan fingerprint density at radius 1 is 1.33 bits per heavy atom. The Labute approximate surface area is 176 Å². The maximum atomic E-state index is 12.5. The topological polar surface area (TPSA) is 85.3 Å². The summed E-state index contributed by atoms with van der Waals surface area (Å²) in [6.07, 6.45) is 2.15. The van der Waals surface area contributed by atoms with Crippen molar-refractivity contribution in [1.29, 1.82) is 0 Å². The van der Waals surface area contributed by atoms with Gasteiger partial charge in [0.15, 0.2) is 11.2 Å². The summed E-state index contributed by atoms with van der Waals surface area (Å²) in [5.41, 5.74) is 5.04. The number of fused-ring (bicyclic) bond motifs is 5. The van der Waals surface area contributed by atoms with Crippen LogP contribution < -0.4 is 5.43 Å². The number of benzene rings is 1. The molecule has 0 bridgehead atoms. The molecule has 1 aromatic carbocycles. The number of aromatic carboxylic acids is 1. The molecule has 1 aliphatic rings. The standard InChI is InChI=1S/C23H20N2O4S/c1-23(2,3)19-7-14-12-5-4-6-13(16-10-30-11-24-16)20(12)29-21(14)17-8-18(26)15(22(27)28)9-25(17)19/h4-6,8-11,19H,7H2,1-3H3,(H,27,28)/t19-/m0/s1. The van der Waals surface area contributed by atoms with Gasteiger partial charge < -0.3 is 14.1 Å². The predicted octanol–water partition coefficient (Wildman–Crippen LogP) is 5.23. The third-order valence-corrected chi connectivity index (χ3v) is 6.39. The maximum absolute atomic E-state index is 12.5. The van der Waals surface area contributed by atoms with E-state index in [0.717, 1.165) is 27.8 Å². The fourth-order valence-electron chi connectivity index (χ4n) is 4.29. The summed E-state index contributed by atoms with van der Waals surface area (Å²) >= 11 is 1.52. The fourth-order valence-corrected chi connectivity index (χ4v) is 4.84. The van der Waals surface area contributed by atoms with Crippen LogP contribution in [0.5, 0.6) is 0 Å². The summed E-state index contributed by atoms with van der Waals surface area (Å²) in [4.78, 5) is 28.5. The van der Waals surface area contributed by atoms with Crippen molar-refractivity contribution in [2.75, 3.05) is 0 Å². The Morgan fingerprint density at radius 2 is 2.13 bits per heavy atom. The summed E-state index contributed by atoms with van der Waals surface area (Å²) in [7, 11) is 0. The summed E-state index contributed by atoms with van der Waals surface area (Å²) in [5.74, 6) is -0.591. The van der Waals surface area contributed by atoms with Crippen LogP contribution in [0.4, 0.5) is 0 Å². The number of thiazole rings is 1. The van der Waals surface area contributed by atoms with E-state index < -0.39 is 11.4 Å². The minimum absolute atomic E-state index is 0.0255. The van der Waals surface area contributed by atoms with Crippen molar-refractivity contribution in [3.63, 3.8) is 0 Å². The van der Waals surface area contributed by atoms with Crippen LogP contribution in [-0.2, 0) is 6.42 Å². The van der Waals surface area contributed by atoms with E-state index in [-0.39, 0.29) is 17.0 Å². The number of pyridine rings is 1. The highest BCUT2D eigenvalue weighted by Gasteiger charge is 2.36. The normalized spacial score (nSPS) is 15.8. The molecule has 0 aliphatic carbocycles. The van der Waals surface area contributed by atoms with Gasteiger partial charge in [-0.1, -0.05) is 32.9 Å². The quantitative estimate of drug-likeness (QED) is 0.480. The SMILES string of the molecule is CC(C)(C)[C@@H]1Cc2c(oc3c(-c4cscn4)cccc23)-c2cc(=O)c(C(=O)O)cn21. The lowest BCUT2D eigenvalue weighted by Crippen LogP contribution is -2.32. The molecule has 0 fully saturated rings. The molecule has 0 saturated carbocycles. The van der Waals surface area contributed by atoms with Gasteiger partial charge in [-0.2, -0.15) is 0 Å².